The van der Waals surface area contributed by atoms with Crippen LogP contribution >= 0.6 is 35.6 Å². The van der Waals surface area contributed by atoms with Crippen LogP contribution in [0.25, 0.3) is 0 Å². The molecule has 1 aromatic carbocycles. The minimum atomic E-state index is -0.0478. The molecule has 138 valence electrons. The van der Waals surface area contributed by atoms with E-state index in [1.54, 1.807) is 13.2 Å². The fourth-order valence-corrected chi connectivity index (χ4v) is 2.43. The van der Waals surface area contributed by atoms with Gasteiger partial charge in [-0.1, -0.05) is 50.6 Å². The molecule has 0 radical (unpaired) electrons. The maximum atomic E-state index is 6.22. The zero-order valence-electron chi connectivity index (χ0n) is 15.3. The predicted molar refractivity (Wildman–Crippen MR) is 114 cm³/mol. The summed E-state index contributed by atoms with van der Waals surface area (Å²) in [6.07, 6.45) is 1.78. The van der Waals surface area contributed by atoms with E-state index in [9.17, 15) is 0 Å². The molecule has 1 heterocycles. The van der Waals surface area contributed by atoms with E-state index in [1.807, 2.05) is 36.2 Å². The number of guanidine groups is 1. The van der Waals surface area contributed by atoms with Gasteiger partial charge in [0.1, 0.15) is 5.76 Å². The highest BCUT2D eigenvalue weighted by Crippen LogP contribution is 2.22. The molecule has 1 N–H and O–H groups in total. The van der Waals surface area contributed by atoms with E-state index in [-0.39, 0.29) is 29.4 Å². The van der Waals surface area contributed by atoms with E-state index < -0.39 is 0 Å². The van der Waals surface area contributed by atoms with Crippen LogP contribution < -0.4 is 5.32 Å². The lowest BCUT2D eigenvalue weighted by atomic mass is 9.94. The lowest BCUT2D eigenvalue weighted by molar-refractivity contribution is 0.376. The van der Waals surface area contributed by atoms with E-state index in [0.29, 0.717) is 19.0 Å². The van der Waals surface area contributed by atoms with Gasteiger partial charge < -0.3 is 14.6 Å². The number of halogens is 2. The van der Waals surface area contributed by atoms with Gasteiger partial charge in [-0.25, -0.2) is 4.98 Å². The Kier molecular flexibility index (Phi) is 8.21. The molecule has 2 rings (SSSR count). The molecule has 7 heteroatoms. The lowest BCUT2D eigenvalue weighted by Gasteiger charge is -2.22. The van der Waals surface area contributed by atoms with Gasteiger partial charge in [-0.15, -0.1) is 24.0 Å². The van der Waals surface area contributed by atoms with Crippen molar-refractivity contribution in [2.45, 2.75) is 39.3 Å². The summed E-state index contributed by atoms with van der Waals surface area (Å²) in [7, 11) is 3.72. The summed E-state index contributed by atoms with van der Waals surface area (Å²) in [5.74, 6) is 2.27. The van der Waals surface area contributed by atoms with Crippen LogP contribution in [0.15, 0.2) is 39.9 Å². The quantitative estimate of drug-likeness (QED) is 0.402. The molecule has 25 heavy (non-hydrogen) atoms. The molecule has 0 bridgehead atoms. The van der Waals surface area contributed by atoms with Crippen molar-refractivity contribution in [2.24, 2.45) is 4.99 Å². The summed E-state index contributed by atoms with van der Waals surface area (Å²) >= 11 is 6.22. The molecular weight excluding hydrogens is 451 g/mol. The summed E-state index contributed by atoms with van der Waals surface area (Å²) in [6, 6.07) is 7.80. The largest absolute Gasteiger partial charge is 0.443 e. The number of benzene rings is 1. The van der Waals surface area contributed by atoms with Gasteiger partial charge in [0.2, 0.25) is 5.89 Å². The molecule has 0 aliphatic carbocycles. The van der Waals surface area contributed by atoms with E-state index in [2.05, 4.69) is 36.1 Å². The third kappa shape index (κ3) is 6.18. The first-order chi connectivity index (χ1) is 11.3. The van der Waals surface area contributed by atoms with Crippen molar-refractivity contribution < 1.29 is 4.42 Å². The smallest absolute Gasteiger partial charge is 0.213 e. The number of nitrogens with zero attached hydrogens (tertiary/aromatic N) is 3. The number of hydrogen-bond donors (Lipinski definition) is 1. The highest BCUT2D eigenvalue weighted by atomic mass is 127. The zero-order valence-corrected chi connectivity index (χ0v) is 18.4. The van der Waals surface area contributed by atoms with Crippen LogP contribution in [0.2, 0.25) is 5.02 Å². The van der Waals surface area contributed by atoms with Gasteiger partial charge in [0.05, 0.1) is 12.7 Å². The van der Waals surface area contributed by atoms with E-state index in [1.165, 1.54) is 0 Å². The molecule has 1 aromatic heterocycles. The van der Waals surface area contributed by atoms with Crippen LogP contribution in [-0.2, 0) is 18.5 Å². The topological polar surface area (TPSA) is 53.7 Å². The Balaban J connectivity index is 0.00000312. The van der Waals surface area contributed by atoms with Crippen molar-refractivity contribution in [3.8, 4) is 0 Å². The molecule has 2 aromatic rings. The monoisotopic (exact) mass is 476 g/mol. The minimum absolute atomic E-state index is 0. The maximum absolute atomic E-state index is 6.22. The standard InChI is InChI=1S/C18H25ClN4O.HI/c1-18(2,3)15-10-21-16(24-15)11-22-17(20-4)23(5)12-13-8-6-7-9-14(13)19;/h6-10H,11-12H2,1-5H3,(H,20,22);1H. The average molecular weight is 477 g/mol. The number of aromatic nitrogens is 1. The van der Waals surface area contributed by atoms with E-state index in [4.69, 9.17) is 16.0 Å². The lowest BCUT2D eigenvalue weighted by Crippen LogP contribution is -2.38. The molecule has 5 nitrogen and oxygen atoms in total. The first-order valence-electron chi connectivity index (χ1n) is 7.91. The van der Waals surface area contributed by atoms with Gasteiger partial charge in [0, 0.05) is 31.1 Å². The highest BCUT2D eigenvalue weighted by molar-refractivity contribution is 14.0. The average Bonchev–Trinajstić information content (AvgIpc) is 2.99. The molecular formula is C18H26ClIN4O. The van der Waals surface area contributed by atoms with Crippen molar-refractivity contribution in [3.63, 3.8) is 0 Å². The SMILES string of the molecule is CN=C(NCc1ncc(C(C)(C)C)o1)N(C)Cc1ccccc1Cl.I. The first-order valence-corrected chi connectivity index (χ1v) is 8.29. The van der Waals surface area contributed by atoms with Crippen molar-refractivity contribution in [3.05, 3.63) is 52.7 Å². The van der Waals surface area contributed by atoms with Crippen LogP contribution in [0, 0.1) is 0 Å². The highest BCUT2D eigenvalue weighted by Gasteiger charge is 2.19. The zero-order chi connectivity index (χ0) is 17.7. The molecule has 0 aliphatic heterocycles. The first kappa shape index (κ1) is 21.8. The minimum Gasteiger partial charge on any atom is -0.443 e. The Morgan fingerprint density at radius 3 is 2.56 bits per heavy atom. The second kappa shape index (κ2) is 9.43. The van der Waals surface area contributed by atoms with Crippen LogP contribution in [0.3, 0.4) is 0 Å². The molecule has 0 amide bonds. The second-order valence-corrected chi connectivity index (χ2v) is 7.12. The van der Waals surface area contributed by atoms with Crippen molar-refractivity contribution in [1.29, 1.82) is 0 Å². The summed E-state index contributed by atoms with van der Waals surface area (Å²) in [5.41, 5.74) is 1.00. The predicted octanol–water partition coefficient (Wildman–Crippen LogP) is 4.45. The molecule has 0 spiro atoms. The van der Waals surface area contributed by atoms with Crippen LogP contribution in [-0.4, -0.2) is 29.9 Å². The summed E-state index contributed by atoms with van der Waals surface area (Å²) in [5, 5.41) is 4.02. The molecule has 0 aliphatic rings. The van der Waals surface area contributed by atoms with Gasteiger partial charge in [-0.05, 0) is 11.6 Å². The molecule has 0 saturated carbocycles. The molecule has 0 unspecified atom stereocenters. The van der Waals surface area contributed by atoms with Gasteiger partial charge >= 0.3 is 0 Å². The third-order valence-corrected chi connectivity index (χ3v) is 4.00. The second-order valence-electron chi connectivity index (χ2n) is 6.72. The molecule has 0 fully saturated rings. The number of hydrogen-bond acceptors (Lipinski definition) is 3. The maximum Gasteiger partial charge on any atom is 0.213 e. The summed E-state index contributed by atoms with van der Waals surface area (Å²) < 4.78 is 5.79. The Morgan fingerprint density at radius 1 is 1.32 bits per heavy atom. The van der Waals surface area contributed by atoms with Gasteiger partial charge in [-0.2, -0.15) is 0 Å². The number of oxazole rings is 1. The fourth-order valence-electron chi connectivity index (χ4n) is 2.24. The van der Waals surface area contributed by atoms with Gasteiger partial charge in [-0.3, -0.25) is 4.99 Å². The van der Waals surface area contributed by atoms with E-state index in [0.717, 1.165) is 22.3 Å². The van der Waals surface area contributed by atoms with Crippen molar-refractivity contribution in [1.82, 2.24) is 15.2 Å². The summed E-state index contributed by atoms with van der Waals surface area (Å²) in [6.45, 7) is 7.44. The molecule has 0 saturated heterocycles. The fraction of sp³-hybridized carbons (Fsp3) is 0.444. The van der Waals surface area contributed by atoms with E-state index >= 15 is 0 Å². The number of rotatable bonds is 4. The van der Waals surface area contributed by atoms with Gasteiger partial charge in [0.15, 0.2) is 5.96 Å². The van der Waals surface area contributed by atoms with Gasteiger partial charge in [0.25, 0.3) is 0 Å². The Labute approximate surface area is 171 Å². The Bertz CT molecular complexity index is 709. The van der Waals surface area contributed by atoms with Crippen molar-refractivity contribution >= 4 is 41.5 Å². The Morgan fingerprint density at radius 2 is 2.00 bits per heavy atom. The van der Waals surface area contributed by atoms with Crippen LogP contribution in [0.5, 0.6) is 0 Å². The Hall–Kier alpha value is -1.28. The molecule has 0 atom stereocenters. The third-order valence-electron chi connectivity index (χ3n) is 3.63. The van der Waals surface area contributed by atoms with Crippen molar-refractivity contribution in [2.75, 3.05) is 14.1 Å². The van der Waals surface area contributed by atoms with Crippen LogP contribution in [0.4, 0.5) is 0 Å². The number of nitrogens with one attached hydrogen (secondary N) is 1. The normalized spacial score (nSPS) is 11.8. The van der Waals surface area contributed by atoms with Crippen LogP contribution in [0.1, 0.15) is 38.0 Å². The summed E-state index contributed by atoms with van der Waals surface area (Å²) in [4.78, 5) is 10.6. The number of aliphatic imine (C=N–C) groups is 1.